The zero-order valence-electron chi connectivity index (χ0n) is 19.0. The molecule has 5 heteroatoms. The Morgan fingerprint density at radius 1 is 0.971 bits per heavy atom. The van der Waals surface area contributed by atoms with Crippen LogP contribution in [0.25, 0.3) is 4.85 Å². The van der Waals surface area contributed by atoms with Gasteiger partial charge in [-0.05, 0) is 78.0 Å². The van der Waals surface area contributed by atoms with E-state index in [4.69, 9.17) is 29.8 Å². The molecule has 4 unspecified atom stereocenters. The summed E-state index contributed by atoms with van der Waals surface area (Å²) in [5.41, 5.74) is 5.21. The molecule has 2 aliphatic rings. The highest BCUT2D eigenvalue weighted by atomic mass is 35.5. The first kappa shape index (κ1) is 23.0. The van der Waals surface area contributed by atoms with E-state index in [1.54, 1.807) is 0 Å². The predicted molar refractivity (Wildman–Crippen MR) is 137 cm³/mol. The van der Waals surface area contributed by atoms with Gasteiger partial charge in [0, 0.05) is 29.1 Å². The zero-order chi connectivity index (χ0) is 23.8. The molecular weight excluding hydrogens is 463 g/mol. The normalized spacial score (nSPS) is 24.1. The van der Waals surface area contributed by atoms with E-state index in [-0.39, 0.29) is 29.6 Å². The number of amides is 1. The number of carbonyl (C=O) groups excluding carboxylic acids is 1. The first-order valence-corrected chi connectivity index (χ1v) is 12.5. The fourth-order valence-electron chi connectivity index (χ4n) is 5.91. The smallest absolute Gasteiger partial charge is 0.226 e. The fourth-order valence-corrected chi connectivity index (χ4v) is 6.41. The second kappa shape index (κ2) is 9.45. The van der Waals surface area contributed by atoms with Crippen LogP contribution in [0.4, 0.5) is 5.69 Å². The largest absolute Gasteiger partial charge is 0.338 e. The summed E-state index contributed by atoms with van der Waals surface area (Å²) in [4.78, 5) is 19.0. The van der Waals surface area contributed by atoms with Crippen LogP contribution in [-0.4, -0.2) is 17.4 Å². The molecule has 0 aromatic heterocycles. The highest BCUT2D eigenvalue weighted by Gasteiger charge is 2.50. The number of carbonyl (C=O) groups is 1. The topological polar surface area (TPSA) is 24.7 Å². The molecule has 34 heavy (non-hydrogen) atoms. The Kier molecular flexibility index (Phi) is 6.38. The molecule has 0 N–H and O–H groups in total. The van der Waals surface area contributed by atoms with Gasteiger partial charge < -0.3 is 4.90 Å². The number of halogens is 2. The quantitative estimate of drug-likeness (QED) is 0.344. The van der Waals surface area contributed by atoms with Crippen LogP contribution in [0.2, 0.25) is 10.0 Å². The first-order chi connectivity index (χ1) is 16.4. The fraction of sp³-hybridized carbons (Fsp3) is 0.310. The van der Waals surface area contributed by atoms with Gasteiger partial charge in [0.05, 0.1) is 6.57 Å². The lowest BCUT2D eigenvalue weighted by Crippen LogP contribution is -2.32. The summed E-state index contributed by atoms with van der Waals surface area (Å²) in [6, 6.07) is 22.0. The molecule has 3 aromatic carbocycles. The van der Waals surface area contributed by atoms with Gasteiger partial charge in [0.2, 0.25) is 5.91 Å². The number of fused-ring (bicyclic) bond motifs is 1. The van der Waals surface area contributed by atoms with Gasteiger partial charge >= 0.3 is 0 Å². The standard InChI is InChI=1S/C29H26Cl2N2O/c1-18-3-12-23(27(31)15-18)24-13-14-25-26(28(24)20-6-8-21(30)9-7-20)17-33(29(25)34)16-19-4-10-22(32-2)11-5-19/h3-12,15,24-26,28H,13-14,16-17H2,1H3. The Bertz CT molecular complexity index is 1250. The zero-order valence-corrected chi connectivity index (χ0v) is 20.6. The molecular formula is C29H26Cl2N2O. The second-order valence-corrected chi connectivity index (χ2v) is 10.4. The van der Waals surface area contributed by atoms with Gasteiger partial charge in [-0.2, -0.15) is 0 Å². The molecule has 3 aromatic rings. The Hall–Kier alpha value is -2.80. The minimum Gasteiger partial charge on any atom is -0.338 e. The van der Waals surface area contributed by atoms with Crippen LogP contribution in [0.1, 0.15) is 46.9 Å². The maximum atomic E-state index is 13.5. The predicted octanol–water partition coefficient (Wildman–Crippen LogP) is 7.79. The summed E-state index contributed by atoms with van der Waals surface area (Å²) in [6.07, 6.45) is 1.80. The van der Waals surface area contributed by atoms with Crippen molar-refractivity contribution in [3.05, 3.63) is 110 Å². The number of hydrogen-bond acceptors (Lipinski definition) is 1. The van der Waals surface area contributed by atoms with Crippen LogP contribution in [0.5, 0.6) is 0 Å². The van der Waals surface area contributed by atoms with Crippen molar-refractivity contribution in [2.75, 3.05) is 6.54 Å². The van der Waals surface area contributed by atoms with Crippen molar-refractivity contribution in [2.24, 2.45) is 11.8 Å². The average molecular weight is 489 g/mol. The highest BCUT2D eigenvalue weighted by molar-refractivity contribution is 6.31. The van der Waals surface area contributed by atoms with Crippen molar-refractivity contribution in [2.45, 2.75) is 38.1 Å². The lowest BCUT2D eigenvalue weighted by atomic mass is 9.63. The van der Waals surface area contributed by atoms with Crippen molar-refractivity contribution >= 4 is 34.8 Å². The lowest BCUT2D eigenvalue weighted by molar-refractivity contribution is -0.132. The van der Waals surface area contributed by atoms with Crippen LogP contribution < -0.4 is 0 Å². The molecule has 0 radical (unpaired) electrons. The van der Waals surface area contributed by atoms with Gasteiger partial charge in [-0.15, -0.1) is 0 Å². The summed E-state index contributed by atoms with van der Waals surface area (Å²) in [7, 11) is 0. The minimum atomic E-state index is 0.0173. The molecule has 2 fully saturated rings. The van der Waals surface area contributed by atoms with Gasteiger partial charge in [-0.1, -0.05) is 71.7 Å². The minimum absolute atomic E-state index is 0.0173. The molecule has 1 aliphatic carbocycles. The van der Waals surface area contributed by atoms with Crippen molar-refractivity contribution in [3.63, 3.8) is 0 Å². The Balaban J connectivity index is 1.48. The summed E-state index contributed by atoms with van der Waals surface area (Å²) in [5.74, 6) is 0.915. The Morgan fingerprint density at radius 3 is 2.35 bits per heavy atom. The molecule has 1 amide bonds. The SMILES string of the molecule is [C-]#[N+]c1ccc(CN2CC3C(CCC(c4ccc(C)cc4Cl)C3c3ccc(Cl)cc3)C2=O)cc1. The Morgan fingerprint density at radius 2 is 1.68 bits per heavy atom. The maximum Gasteiger partial charge on any atom is 0.226 e. The third-order valence-corrected chi connectivity index (χ3v) is 8.09. The highest BCUT2D eigenvalue weighted by Crippen LogP contribution is 2.54. The molecule has 1 aliphatic heterocycles. The number of nitrogens with zero attached hydrogens (tertiary/aromatic N) is 2. The molecule has 0 bridgehead atoms. The number of aryl methyl sites for hydroxylation is 1. The van der Waals surface area contributed by atoms with E-state index in [2.05, 4.69) is 36.0 Å². The van der Waals surface area contributed by atoms with Gasteiger partial charge in [0.15, 0.2) is 5.69 Å². The molecule has 4 atom stereocenters. The molecule has 5 rings (SSSR count). The maximum absolute atomic E-state index is 13.5. The van der Waals surface area contributed by atoms with E-state index in [1.807, 2.05) is 47.4 Å². The lowest BCUT2D eigenvalue weighted by Gasteiger charge is -2.40. The molecule has 1 heterocycles. The molecule has 3 nitrogen and oxygen atoms in total. The summed E-state index contributed by atoms with van der Waals surface area (Å²) in [5, 5.41) is 1.52. The van der Waals surface area contributed by atoms with E-state index >= 15 is 0 Å². The van der Waals surface area contributed by atoms with E-state index in [1.165, 1.54) is 11.1 Å². The van der Waals surface area contributed by atoms with Crippen molar-refractivity contribution in [1.82, 2.24) is 4.90 Å². The van der Waals surface area contributed by atoms with Crippen molar-refractivity contribution in [3.8, 4) is 0 Å². The van der Waals surface area contributed by atoms with E-state index in [0.717, 1.165) is 35.5 Å². The van der Waals surface area contributed by atoms with Crippen LogP contribution in [-0.2, 0) is 11.3 Å². The van der Waals surface area contributed by atoms with Crippen LogP contribution in [0, 0.1) is 25.3 Å². The molecule has 1 saturated heterocycles. The first-order valence-electron chi connectivity index (χ1n) is 11.7. The third kappa shape index (κ3) is 4.33. The number of likely N-dealkylation sites (tertiary alicyclic amines) is 1. The second-order valence-electron chi connectivity index (χ2n) is 9.55. The van der Waals surface area contributed by atoms with Crippen molar-refractivity contribution in [1.29, 1.82) is 0 Å². The van der Waals surface area contributed by atoms with E-state index in [0.29, 0.717) is 17.3 Å². The van der Waals surface area contributed by atoms with E-state index in [9.17, 15) is 4.79 Å². The summed E-state index contributed by atoms with van der Waals surface area (Å²) in [6.45, 7) is 10.5. The third-order valence-electron chi connectivity index (χ3n) is 7.51. The van der Waals surface area contributed by atoms with E-state index < -0.39 is 0 Å². The summed E-state index contributed by atoms with van der Waals surface area (Å²) >= 11 is 13.0. The molecule has 1 saturated carbocycles. The average Bonchev–Trinajstić information content (AvgIpc) is 3.15. The van der Waals surface area contributed by atoms with Gasteiger partial charge in [-0.3, -0.25) is 4.79 Å². The number of rotatable bonds is 4. The van der Waals surface area contributed by atoms with Crippen LogP contribution >= 0.6 is 23.2 Å². The monoisotopic (exact) mass is 488 g/mol. The Labute approximate surface area is 211 Å². The van der Waals surface area contributed by atoms with Gasteiger partial charge in [-0.25, -0.2) is 4.85 Å². The summed E-state index contributed by atoms with van der Waals surface area (Å²) < 4.78 is 0. The van der Waals surface area contributed by atoms with Crippen LogP contribution in [0.3, 0.4) is 0 Å². The van der Waals surface area contributed by atoms with Crippen LogP contribution in [0.15, 0.2) is 66.7 Å². The van der Waals surface area contributed by atoms with Gasteiger partial charge in [0.25, 0.3) is 0 Å². The van der Waals surface area contributed by atoms with Crippen molar-refractivity contribution < 1.29 is 4.79 Å². The molecule has 172 valence electrons. The molecule has 0 spiro atoms. The van der Waals surface area contributed by atoms with Gasteiger partial charge in [0.1, 0.15) is 0 Å². The number of benzene rings is 3. The number of hydrogen-bond donors (Lipinski definition) is 0.